The van der Waals surface area contributed by atoms with E-state index in [0.29, 0.717) is 13.2 Å². The summed E-state index contributed by atoms with van der Waals surface area (Å²) in [5, 5.41) is 0. The van der Waals surface area contributed by atoms with Crippen molar-refractivity contribution < 1.29 is 14.3 Å². The molecule has 94 valence electrons. The predicted octanol–water partition coefficient (Wildman–Crippen LogP) is 0.285. The van der Waals surface area contributed by atoms with Crippen molar-refractivity contribution in [3.05, 3.63) is 30.3 Å². The molecular weight excluding hydrogens is 220 g/mol. The molecule has 0 saturated heterocycles. The van der Waals surface area contributed by atoms with Gasteiger partial charge in [0.05, 0.1) is 13.2 Å². The van der Waals surface area contributed by atoms with Crippen LogP contribution in [0.4, 0.5) is 0 Å². The van der Waals surface area contributed by atoms with Gasteiger partial charge in [0, 0.05) is 0 Å². The van der Waals surface area contributed by atoms with Gasteiger partial charge in [-0.25, -0.2) is 0 Å². The quantitative estimate of drug-likeness (QED) is 0.668. The molecule has 5 nitrogen and oxygen atoms in total. The zero-order valence-electron chi connectivity index (χ0n) is 9.89. The van der Waals surface area contributed by atoms with Crippen molar-refractivity contribution in [2.24, 2.45) is 11.5 Å². The summed E-state index contributed by atoms with van der Waals surface area (Å²) < 4.78 is 10.6. The molecule has 0 heterocycles. The van der Waals surface area contributed by atoms with Crippen molar-refractivity contribution >= 4 is 5.91 Å². The predicted molar refractivity (Wildman–Crippen MR) is 64.5 cm³/mol. The fourth-order valence-electron chi connectivity index (χ4n) is 1.09. The second kappa shape index (κ2) is 6.22. The second-order valence-corrected chi connectivity index (χ2v) is 4.00. The molecule has 1 rings (SSSR count). The number of para-hydroxylation sites is 1. The van der Waals surface area contributed by atoms with Gasteiger partial charge in [0.2, 0.25) is 5.91 Å². The third kappa shape index (κ3) is 4.84. The van der Waals surface area contributed by atoms with Gasteiger partial charge in [-0.3, -0.25) is 4.79 Å². The Morgan fingerprint density at radius 2 is 1.94 bits per heavy atom. The van der Waals surface area contributed by atoms with Crippen LogP contribution in [-0.2, 0) is 9.53 Å². The number of hydrogen-bond acceptors (Lipinski definition) is 4. The van der Waals surface area contributed by atoms with E-state index >= 15 is 0 Å². The van der Waals surface area contributed by atoms with Crippen molar-refractivity contribution in [1.82, 2.24) is 0 Å². The highest BCUT2D eigenvalue weighted by Crippen LogP contribution is 2.07. The summed E-state index contributed by atoms with van der Waals surface area (Å²) in [4.78, 5) is 10.9. The molecule has 1 amide bonds. The third-order valence-corrected chi connectivity index (χ3v) is 2.20. The van der Waals surface area contributed by atoms with Gasteiger partial charge in [-0.1, -0.05) is 18.2 Å². The first-order valence-corrected chi connectivity index (χ1v) is 5.37. The van der Waals surface area contributed by atoms with Crippen LogP contribution < -0.4 is 16.2 Å². The average Bonchev–Trinajstić information content (AvgIpc) is 2.29. The SMILES string of the molecule is CC(N)(COCCOc1ccccc1)C(N)=O. The Hall–Kier alpha value is -1.59. The van der Waals surface area contributed by atoms with Crippen LogP contribution in [0.5, 0.6) is 5.75 Å². The zero-order valence-corrected chi connectivity index (χ0v) is 9.89. The molecule has 0 bridgehead atoms. The van der Waals surface area contributed by atoms with Gasteiger partial charge in [0.15, 0.2) is 0 Å². The minimum atomic E-state index is -1.13. The Balaban J connectivity index is 2.15. The van der Waals surface area contributed by atoms with Crippen molar-refractivity contribution in [2.45, 2.75) is 12.5 Å². The first-order valence-electron chi connectivity index (χ1n) is 5.37. The normalized spacial score (nSPS) is 14.0. The van der Waals surface area contributed by atoms with Crippen molar-refractivity contribution in [3.63, 3.8) is 0 Å². The van der Waals surface area contributed by atoms with Crippen molar-refractivity contribution in [2.75, 3.05) is 19.8 Å². The fraction of sp³-hybridized carbons (Fsp3) is 0.417. The molecule has 0 saturated carbocycles. The standard InChI is InChI=1S/C12H18N2O3/c1-12(14,11(13)15)9-16-7-8-17-10-5-3-2-4-6-10/h2-6H,7-9,14H2,1H3,(H2,13,15). The maximum Gasteiger partial charge on any atom is 0.239 e. The number of carbonyl (C=O) groups is 1. The van der Waals surface area contributed by atoms with Gasteiger partial charge in [-0.05, 0) is 19.1 Å². The number of nitrogens with two attached hydrogens (primary N) is 2. The first kappa shape index (κ1) is 13.5. The second-order valence-electron chi connectivity index (χ2n) is 4.00. The third-order valence-electron chi connectivity index (χ3n) is 2.20. The molecule has 0 fully saturated rings. The molecule has 1 aromatic rings. The molecule has 0 aliphatic carbocycles. The lowest BCUT2D eigenvalue weighted by molar-refractivity contribution is -0.124. The highest BCUT2D eigenvalue weighted by molar-refractivity contribution is 5.83. The van der Waals surface area contributed by atoms with Gasteiger partial charge < -0.3 is 20.9 Å². The van der Waals surface area contributed by atoms with E-state index in [1.807, 2.05) is 30.3 Å². The monoisotopic (exact) mass is 238 g/mol. The van der Waals surface area contributed by atoms with E-state index in [0.717, 1.165) is 5.75 Å². The van der Waals surface area contributed by atoms with E-state index in [9.17, 15) is 4.79 Å². The summed E-state index contributed by atoms with van der Waals surface area (Å²) in [6.07, 6.45) is 0. The van der Waals surface area contributed by atoms with Crippen LogP contribution >= 0.6 is 0 Å². The zero-order chi connectivity index (χ0) is 12.7. The fourth-order valence-corrected chi connectivity index (χ4v) is 1.09. The van der Waals surface area contributed by atoms with Crippen molar-refractivity contribution in [1.29, 1.82) is 0 Å². The minimum absolute atomic E-state index is 0.0838. The lowest BCUT2D eigenvalue weighted by Gasteiger charge is -2.20. The summed E-state index contributed by atoms with van der Waals surface area (Å²) in [5.74, 6) is 0.197. The smallest absolute Gasteiger partial charge is 0.239 e. The highest BCUT2D eigenvalue weighted by Gasteiger charge is 2.25. The van der Waals surface area contributed by atoms with E-state index in [1.165, 1.54) is 6.92 Å². The number of hydrogen-bond donors (Lipinski definition) is 2. The largest absolute Gasteiger partial charge is 0.491 e. The summed E-state index contributed by atoms with van der Waals surface area (Å²) in [5.41, 5.74) is 9.58. The number of amides is 1. The molecule has 0 spiro atoms. The van der Waals surface area contributed by atoms with Gasteiger partial charge >= 0.3 is 0 Å². The Bertz CT molecular complexity index is 352. The van der Waals surface area contributed by atoms with E-state index in [4.69, 9.17) is 20.9 Å². The Morgan fingerprint density at radius 3 is 2.53 bits per heavy atom. The van der Waals surface area contributed by atoms with Crippen LogP contribution in [0.25, 0.3) is 0 Å². The van der Waals surface area contributed by atoms with E-state index < -0.39 is 11.4 Å². The molecule has 1 unspecified atom stereocenters. The van der Waals surface area contributed by atoms with Crippen LogP contribution in [-0.4, -0.2) is 31.3 Å². The van der Waals surface area contributed by atoms with Gasteiger partial charge in [0.1, 0.15) is 17.9 Å². The topological polar surface area (TPSA) is 87.6 Å². The molecule has 1 aromatic carbocycles. The number of carbonyl (C=O) groups excluding carboxylic acids is 1. The molecule has 4 N–H and O–H groups in total. The minimum Gasteiger partial charge on any atom is -0.491 e. The van der Waals surface area contributed by atoms with Gasteiger partial charge in [-0.15, -0.1) is 0 Å². The molecule has 0 aliphatic heterocycles. The Labute approximate surface area is 101 Å². The Morgan fingerprint density at radius 1 is 1.29 bits per heavy atom. The lowest BCUT2D eigenvalue weighted by Crippen LogP contribution is -2.53. The molecule has 17 heavy (non-hydrogen) atoms. The summed E-state index contributed by atoms with van der Waals surface area (Å²) in [6.45, 7) is 2.38. The van der Waals surface area contributed by atoms with Crippen LogP contribution in [0.2, 0.25) is 0 Å². The molecule has 1 atom stereocenters. The summed E-state index contributed by atoms with van der Waals surface area (Å²) in [6, 6.07) is 9.41. The van der Waals surface area contributed by atoms with Crippen LogP contribution in [0, 0.1) is 0 Å². The molecule has 0 aliphatic rings. The molecule has 0 radical (unpaired) electrons. The van der Waals surface area contributed by atoms with E-state index in [2.05, 4.69) is 0 Å². The maximum atomic E-state index is 10.9. The number of benzene rings is 1. The average molecular weight is 238 g/mol. The van der Waals surface area contributed by atoms with Crippen LogP contribution in [0.3, 0.4) is 0 Å². The maximum absolute atomic E-state index is 10.9. The summed E-state index contributed by atoms with van der Waals surface area (Å²) in [7, 11) is 0. The molecule has 5 heteroatoms. The summed E-state index contributed by atoms with van der Waals surface area (Å²) >= 11 is 0. The first-order chi connectivity index (χ1) is 8.02. The van der Waals surface area contributed by atoms with Gasteiger partial charge in [0.25, 0.3) is 0 Å². The highest BCUT2D eigenvalue weighted by atomic mass is 16.5. The lowest BCUT2D eigenvalue weighted by atomic mass is 10.1. The van der Waals surface area contributed by atoms with Crippen LogP contribution in [0.1, 0.15) is 6.92 Å². The number of primary amides is 1. The van der Waals surface area contributed by atoms with E-state index in [1.54, 1.807) is 0 Å². The van der Waals surface area contributed by atoms with Crippen molar-refractivity contribution in [3.8, 4) is 5.75 Å². The molecular formula is C12H18N2O3. The number of ether oxygens (including phenoxy) is 2. The van der Waals surface area contributed by atoms with Gasteiger partial charge in [-0.2, -0.15) is 0 Å². The Kier molecular flexibility index (Phi) is 4.93. The van der Waals surface area contributed by atoms with E-state index in [-0.39, 0.29) is 6.61 Å². The number of rotatable bonds is 7. The van der Waals surface area contributed by atoms with Crippen LogP contribution in [0.15, 0.2) is 30.3 Å². The molecule has 0 aromatic heterocycles.